The van der Waals surface area contributed by atoms with E-state index in [1.807, 2.05) is 19.1 Å². The second-order valence-corrected chi connectivity index (χ2v) is 5.15. The zero-order chi connectivity index (χ0) is 13.7. The molecule has 5 heteroatoms. The van der Waals surface area contributed by atoms with Gasteiger partial charge in [-0.25, -0.2) is 15.0 Å². The van der Waals surface area contributed by atoms with Crippen molar-refractivity contribution in [2.75, 3.05) is 0 Å². The molecule has 0 unspecified atom stereocenters. The maximum atomic E-state index is 4.61. The molecule has 0 saturated carbocycles. The molecule has 0 saturated heterocycles. The Morgan fingerprint density at radius 1 is 1.10 bits per heavy atom. The van der Waals surface area contributed by atoms with Crippen molar-refractivity contribution in [2.24, 2.45) is 4.99 Å². The van der Waals surface area contributed by atoms with E-state index >= 15 is 0 Å². The zero-order valence-corrected chi connectivity index (χ0v) is 11.3. The summed E-state index contributed by atoms with van der Waals surface area (Å²) in [5, 5.41) is 0. The lowest BCUT2D eigenvalue weighted by atomic mass is 10.1. The van der Waals surface area contributed by atoms with E-state index in [9.17, 15) is 0 Å². The summed E-state index contributed by atoms with van der Waals surface area (Å²) in [6.07, 6.45) is 2.48. The number of hydrogen-bond donors (Lipinski definition) is 1. The summed E-state index contributed by atoms with van der Waals surface area (Å²) < 4.78 is 0. The van der Waals surface area contributed by atoms with Crippen LogP contribution in [-0.4, -0.2) is 25.6 Å². The molecule has 0 radical (unpaired) electrons. The Kier molecular flexibility index (Phi) is 2.24. The fourth-order valence-corrected chi connectivity index (χ4v) is 2.56. The van der Waals surface area contributed by atoms with Crippen molar-refractivity contribution < 1.29 is 0 Å². The molecule has 2 aromatic heterocycles. The fourth-order valence-electron chi connectivity index (χ4n) is 2.56. The van der Waals surface area contributed by atoms with Gasteiger partial charge in [0.05, 0.1) is 16.7 Å². The van der Waals surface area contributed by atoms with Crippen LogP contribution in [0.5, 0.6) is 0 Å². The van der Waals surface area contributed by atoms with E-state index in [-0.39, 0.29) is 0 Å². The predicted octanol–water partition coefficient (Wildman–Crippen LogP) is 2.98. The summed E-state index contributed by atoms with van der Waals surface area (Å²) in [6.45, 7) is 4.00. The van der Waals surface area contributed by atoms with Gasteiger partial charge in [-0.2, -0.15) is 0 Å². The average molecular weight is 263 g/mol. The Morgan fingerprint density at radius 2 is 2.00 bits per heavy atom. The quantitative estimate of drug-likeness (QED) is 0.734. The molecule has 5 nitrogen and oxygen atoms in total. The van der Waals surface area contributed by atoms with E-state index in [2.05, 4.69) is 37.9 Å². The highest BCUT2D eigenvalue weighted by Gasteiger charge is 2.15. The van der Waals surface area contributed by atoms with Crippen molar-refractivity contribution in [2.45, 2.75) is 20.3 Å². The number of imidazole rings is 1. The topological polar surface area (TPSA) is 66.8 Å². The second kappa shape index (κ2) is 3.96. The molecule has 1 N–H and O–H groups in total. The van der Waals surface area contributed by atoms with Gasteiger partial charge in [0.25, 0.3) is 0 Å². The molecule has 0 atom stereocenters. The lowest BCUT2D eigenvalue weighted by Gasteiger charge is -1.96. The van der Waals surface area contributed by atoms with Crippen molar-refractivity contribution >= 4 is 22.4 Å². The van der Waals surface area contributed by atoms with E-state index in [1.165, 1.54) is 5.56 Å². The minimum absolute atomic E-state index is 0.773. The third kappa shape index (κ3) is 1.71. The lowest BCUT2D eigenvalue weighted by Crippen LogP contribution is -1.89. The van der Waals surface area contributed by atoms with Crippen LogP contribution in [0.1, 0.15) is 18.2 Å². The maximum Gasteiger partial charge on any atom is 0.157 e. The van der Waals surface area contributed by atoms with Crippen LogP contribution in [0.25, 0.3) is 22.6 Å². The minimum atomic E-state index is 0.773. The van der Waals surface area contributed by atoms with Gasteiger partial charge in [-0.3, -0.25) is 4.99 Å². The third-order valence-corrected chi connectivity index (χ3v) is 3.49. The number of H-pyrrole nitrogens is 1. The summed E-state index contributed by atoms with van der Waals surface area (Å²) >= 11 is 0. The summed E-state index contributed by atoms with van der Waals surface area (Å²) in [4.78, 5) is 20.8. The molecule has 0 spiro atoms. The number of aromatic nitrogens is 4. The van der Waals surface area contributed by atoms with Gasteiger partial charge in [-0.15, -0.1) is 0 Å². The van der Waals surface area contributed by atoms with Crippen LogP contribution in [0.15, 0.2) is 29.5 Å². The maximum absolute atomic E-state index is 4.61. The van der Waals surface area contributed by atoms with Crippen molar-refractivity contribution in [3.05, 3.63) is 35.8 Å². The monoisotopic (exact) mass is 263 g/mol. The molecule has 1 aromatic carbocycles. The Morgan fingerprint density at radius 3 is 2.85 bits per heavy atom. The van der Waals surface area contributed by atoms with Crippen LogP contribution in [0.4, 0.5) is 5.69 Å². The molecule has 0 bridgehead atoms. The Balaban J connectivity index is 1.88. The van der Waals surface area contributed by atoms with Crippen molar-refractivity contribution in [3.63, 3.8) is 0 Å². The van der Waals surface area contributed by atoms with Gasteiger partial charge >= 0.3 is 0 Å². The van der Waals surface area contributed by atoms with Crippen molar-refractivity contribution in [3.8, 4) is 11.5 Å². The first kappa shape index (κ1) is 11.3. The van der Waals surface area contributed by atoms with E-state index in [0.717, 1.165) is 46.1 Å². The van der Waals surface area contributed by atoms with Crippen molar-refractivity contribution in [1.82, 2.24) is 19.9 Å². The Labute approximate surface area is 115 Å². The van der Waals surface area contributed by atoms with Crippen LogP contribution in [0.3, 0.4) is 0 Å². The van der Waals surface area contributed by atoms with Gasteiger partial charge in [0.15, 0.2) is 5.82 Å². The highest BCUT2D eigenvalue weighted by molar-refractivity contribution is 5.95. The molecular formula is C15H13N5. The SMILES string of the molecule is CC1=Nc2cc3nc(-c4cc(C)ncn4)[nH]c3cc2C1. The van der Waals surface area contributed by atoms with E-state index in [0.29, 0.717) is 0 Å². The summed E-state index contributed by atoms with van der Waals surface area (Å²) in [5.74, 6) is 0.773. The number of hydrogen-bond acceptors (Lipinski definition) is 4. The van der Waals surface area contributed by atoms with E-state index < -0.39 is 0 Å². The molecule has 3 aromatic rings. The number of aliphatic imine (C=N–C) groups is 1. The number of benzene rings is 1. The van der Waals surface area contributed by atoms with Gasteiger partial charge in [-0.1, -0.05) is 0 Å². The highest BCUT2D eigenvalue weighted by atomic mass is 15.0. The van der Waals surface area contributed by atoms with Gasteiger partial charge in [0.2, 0.25) is 0 Å². The number of nitrogens with zero attached hydrogens (tertiary/aromatic N) is 4. The lowest BCUT2D eigenvalue weighted by molar-refractivity contribution is 1.09. The molecule has 4 rings (SSSR count). The predicted molar refractivity (Wildman–Crippen MR) is 78.3 cm³/mol. The first-order chi connectivity index (χ1) is 9.69. The molecule has 0 amide bonds. The summed E-state index contributed by atoms with van der Waals surface area (Å²) in [6, 6.07) is 6.10. The normalized spacial score (nSPS) is 13.6. The minimum Gasteiger partial charge on any atom is -0.337 e. The number of nitrogens with one attached hydrogen (secondary N) is 1. The summed E-state index contributed by atoms with van der Waals surface area (Å²) in [5.41, 5.74) is 7.13. The molecule has 20 heavy (non-hydrogen) atoms. The second-order valence-electron chi connectivity index (χ2n) is 5.15. The number of aromatic amines is 1. The molecule has 1 aliphatic heterocycles. The zero-order valence-electron chi connectivity index (χ0n) is 11.3. The molecule has 1 aliphatic rings. The standard InChI is InChI=1S/C15H13N5/c1-8-4-14(17-7-16-8)15-19-12-5-10-3-9(2)18-11(10)6-13(12)20-15/h4-7H,3H2,1-2H3,(H,19,20). The van der Waals surface area contributed by atoms with Crippen LogP contribution in [0, 0.1) is 6.92 Å². The molecule has 0 fully saturated rings. The highest BCUT2D eigenvalue weighted by Crippen LogP contribution is 2.31. The first-order valence-electron chi connectivity index (χ1n) is 6.55. The Bertz CT molecular complexity index is 860. The average Bonchev–Trinajstić information content (AvgIpc) is 2.97. The molecule has 3 heterocycles. The van der Waals surface area contributed by atoms with Gasteiger partial charge < -0.3 is 4.98 Å². The van der Waals surface area contributed by atoms with Crippen LogP contribution >= 0.6 is 0 Å². The Hall–Kier alpha value is -2.56. The van der Waals surface area contributed by atoms with Crippen LogP contribution in [-0.2, 0) is 6.42 Å². The van der Waals surface area contributed by atoms with Crippen LogP contribution in [0.2, 0.25) is 0 Å². The molecule has 0 aliphatic carbocycles. The van der Waals surface area contributed by atoms with E-state index in [1.54, 1.807) is 6.33 Å². The molecular weight excluding hydrogens is 250 g/mol. The van der Waals surface area contributed by atoms with Crippen LogP contribution < -0.4 is 0 Å². The smallest absolute Gasteiger partial charge is 0.157 e. The summed E-state index contributed by atoms with van der Waals surface area (Å²) in [7, 11) is 0. The first-order valence-corrected chi connectivity index (χ1v) is 6.55. The van der Waals surface area contributed by atoms with Crippen molar-refractivity contribution in [1.29, 1.82) is 0 Å². The number of fused-ring (bicyclic) bond motifs is 2. The van der Waals surface area contributed by atoms with Gasteiger partial charge in [0.1, 0.15) is 12.0 Å². The van der Waals surface area contributed by atoms with Gasteiger partial charge in [-0.05, 0) is 37.6 Å². The largest absolute Gasteiger partial charge is 0.337 e. The van der Waals surface area contributed by atoms with Gasteiger partial charge in [0, 0.05) is 17.8 Å². The third-order valence-electron chi connectivity index (χ3n) is 3.49. The number of rotatable bonds is 1. The fraction of sp³-hybridized carbons (Fsp3) is 0.200. The molecule has 98 valence electrons. The number of aryl methyl sites for hydroxylation is 1. The van der Waals surface area contributed by atoms with E-state index in [4.69, 9.17) is 0 Å².